The zero-order valence-corrected chi connectivity index (χ0v) is 8.79. The first-order chi connectivity index (χ1) is 7.24. The number of aliphatic imine (C=N–C) groups is 1. The van der Waals surface area contributed by atoms with Crippen molar-refractivity contribution >= 4 is 16.5 Å². The van der Waals surface area contributed by atoms with E-state index in [0.29, 0.717) is 5.56 Å². The molecule has 0 atom stereocenters. The van der Waals surface area contributed by atoms with Crippen LogP contribution in [-0.2, 0) is 0 Å². The van der Waals surface area contributed by atoms with Crippen molar-refractivity contribution in [1.29, 1.82) is 0 Å². The Morgan fingerprint density at radius 3 is 2.60 bits per heavy atom. The minimum atomic E-state index is -0.211. The van der Waals surface area contributed by atoms with Gasteiger partial charge in [-0.3, -0.25) is 4.99 Å². The Balaban J connectivity index is 2.86. The number of halogens is 1. The van der Waals surface area contributed by atoms with Crippen LogP contribution in [-0.4, -0.2) is 12.8 Å². The molecule has 0 unspecified atom stereocenters. The predicted molar refractivity (Wildman–Crippen MR) is 62.0 cm³/mol. The maximum absolute atomic E-state index is 13.7. The second-order valence-electron chi connectivity index (χ2n) is 3.45. The summed E-state index contributed by atoms with van der Waals surface area (Å²) in [5.41, 5.74) is 1.33. The SMILES string of the molecule is CN=C(C)c1c(F)ccc2ccccc12. The third-order valence-corrected chi connectivity index (χ3v) is 2.58. The fourth-order valence-electron chi connectivity index (χ4n) is 1.72. The Labute approximate surface area is 88.3 Å². The Morgan fingerprint density at radius 1 is 1.13 bits per heavy atom. The molecular formula is C13H12FN. The molecule has 0 spiro atoms. The molecule has 1 nitrogen and oxygen atoms in total. The van der Waals surface area contributed by atoms with Gasteiger partial charge in [0.2, 0.25) is 0 Å². The number of hydrogen-bond acceptors (Lipinski definition) is 1. The van der Waals surface area contributed by atoms with Crippen molar-refractivity contribution in [3.63, 3.8) is 0 Å². The van der Waals surface area contributed by atoms with E-state index in [4.69, 9.17) is 0 Å². The maximum Gasteiger partial charge on any atom is 0.132 e. The minimum Gasteiger partial charge on any atom is -0.293 e. The van der Waals surface area contributed by atoms with Crippen LogP contribution in [0.15, 0.2) is 41.4 Å². The molecule has 2 rings (SSSR count). The lowest BCUT2D eigenvalue weighted by molar-refractivity contribution is 0.627. The summed E-state index contributed by atoms with van der Waals surface area (Å²) in [5, 5.41) is 1.96. The van der Waals surface area contributed by atoms with E-state index in [2.05, 4.69) is 4.99 Å². The van der Waals surface area contributed by atoms with Gasteiger partial charge in [-0.2, -0.15) is 0 Å². The van der Waals surface area contributed by atoms with Crippen LogP contribution in [0.25, 0.3) is 10.8 Å². The summed E-state index contributed by atoms with van der Waals surface area (Å²) in [6.45, 7) is 1.82. The zero-order valence-electron chi connectivity index (χ0n) is 8.79. The molecule has 0 aliphatic heterocycles. The van der Waals surface area contributed by atoms with Crippen molar-refractivity contribution in [2.45, 2.75) is 6.92 Å². The average Bonchev–Trinajstić information content (AvgIpc) is 2.28. The molecule has 0 saturated carbocycles. The van der Waals surface area contributed by atoms with Crippen LogP contribution in [0.2, 0.25) is 0 Å². The van der Waals surface area contributed by atoms with Gasteiger partial charge < -0.3 is 0 Å². The van der Waals surface area contributed by atoms with Crippen molar-refractivity contribution in [2.75, 3.05) is 7.05 Å². The Kier molecular flexibility index (Phi) is 2.50. The van der Waals surface area contributed by atoms with Crippen molar-refractivity contribution in [3.05, 3.63) is 47.8 Å². The number of nitrogens with zero attached hydrogens (tertiary/aromatic N) is 1. The quantitative estimate of drug-likeness (QED) is 0.627. The van der Waals surface area contributed by atoms with Gasteiger partial charge in [0.05, 0.1) is 0 Å². The van der Waals surface area contributed by atoms with Gasteiger partial charge in [0.1, 0.15) is 5.82 Å². The zero-order chi connectivity index (χ0) is 10.8. The normalized spacial score (nSPS) is 12.1. The summed E-state index contributed by atoms with van der Waals surface area (Å²) in [6.07, 6.45) is 0. The molecule has 0 radical (unpaired) electrons. The lowest BCUT2D eigenvalue weighted by atomic mass is 10.0. The molecule has 2 aromatic rings. The van der Waals surface area contributed by atoms with E-state index in [1.54, 1.807) is 13.1 Å². The Morgan fingerprint density at radius 2 is 1.87 bits per heavy atom. The van der Waals surface area contributed by atoms with E-state index in [-0.39, 0.29) is 5.82 Å². The molecule has 0 heterocycles. The Bertz CT molecular complexity index is 529. The largest absolute Gasteiger partial charge is 0.293 e. The van der Waals surface area contributed by atoms with Crippen LogP contribution in [0.1, 0.15) is 12.5 Å². The van der Waals surface area contributed by atoms with Crippen molar-refractivity contribution in [1.82, 2.24) is 0 Å². The highest BCUT2D eigenvalue weighted by atomic mass is 19.1. The van der Waals surface area contributed by atoms with Gasteiger partial charge in [0, 0.05) is 18.3 Å². The highest BCUT2D eigenvalue weighted by molar-refractivity contribution is 6.09. The predicted octanol–water partition coefficient (Wildman–Crippen LogP) is 3.42. The van der Waals surface area contributed by atoms with Crippen LogP contribution in [0, 0.1) is 5.82 Å². The summed E-state index contributed by atoms with van der Waals surface area (Å²) in [6, 6.07) is 11.0. The van der Waals surface area contributed by atoms with Gasteiger partial charge >= 0.3 is 0 Å². The highest BCUT2D eigenvalue weighted by Crippen LogP contribution is 2.22. The fourth-order valence-corrected chi connectivity index (χ4v) is 1.72. The molecule has 0 aliphatic carbocycles. The van der Waals surface area contributed by atoms with Crippen LogP contribution >= 0.6 is 0 Å². The Hall–Kier alpha value is -1.70. The molecule has 2 aromatic carbocycles. The van der Waals surface area contributed by atoms with Crippen LogP contribution in [0.3, 0.4) is 0 Å². The monoisotopic (exact) mass is 201 g/mol. The summed E-state index contributed by atoms with van der Waals surface area (Å²) < 4.78 is 13.7. The number of fused-ring (bicyclic) bond motifs is 1. The van der Waals surface area contributed by atoms with Crippen molar-refractivity contribution < 1.29 is 4.39 Å². The van der Waals surface area contributed by atoms with E-state index >= 15 is 0 Å². The molecule has 0 aromatic heterocycles. The summed E-state index contributed by atoms with van der Waals surface area (Å²) in [5.74, 6) is -0.211. The third kappa shape index (κ3) is 1.63. The van der Waals surface area contributed by atoms with Gasteiger partial charge in [-0.25, -0.2) is 4.39 Å². The first kappa shape index (κ1) is 9.84. The molecule has 0 bridgehead atoms. The summed E-state index contributed by atoms with van der Waals surface area (Å²) >= 11 is 0. The molecular weight excluding hydrogens is 189 g/mol. The second-order valence-corrected chi connectivity index (χ2v) is 3.45. The second kappa shape index (κ2) is 3.81. The lowest BCUT2D eigenvalue weighted by Gasteiger charge is -2.06. The number of rotatable bonds is 1. The first-order valence-corrected chi connectivity index (χ1v) is 4.85. The molecule has 2 heteroatoms. The van der Waals surface area contributed by atoms with Crippen molar-refractivity contribution in [3.8, 4) is 0 Å². The van der Waals surface area contributed by atoms with E-state index in [0.717, 1.165) is 16.5 Å². The molecule has 0 N–H and O–H groups in total. The van der Waals surface area contributed by atoms with Crippen LogP contribution < -0.4 is 0 Å². The van der Waals surface area contributed by atoms with Crippen molar-refractivity contribution in [2.24, 2.45) is 4.99 Å². The summed E-state index contributed by atoms with van der Waals surface area (Å²) in [7, 11) is 1.68. The lowest BCUT2D eigenvalue weighted by Crippen LogP contribution is -1.99. The van der Waals surface area contributed by atoms with Gasteiger partial charge in [-0.1, -0.05) is 30.3 Å². The molecule has 0 saturated heterocycles. The van der Waals surface area contributed by atoms with E-state index in [1.807, 2.05) is 31.2 Å². The van der Waals surface area contributed by atoms with Gasteiger partial charge in [-0.05, 0) is 23.8 Å². The van der Waals surface area contributed by atoms with E-state index in [9.17, 15) is 4.39 Å². The third-order valence-electron chi connectivity index (χ3n) is 2.58. The van der Waals surface area contributed by atoms with Crippen LogP contribution in [0.5, 0.6) is 0 Å². The summed E-state index contributed by atoms with van der Waals surface area (Å²) in [4.78, 5) is 4.05. The van der Waals surface area contributed by atoms with E-state index in [1.165, 1.54) is 6.07 Å². The number of benzene rings is 2. The van der Waals surface area contributed by atoms with Gasteiger partial charge in [0.25, 0.3) is 0 Å². The highest BCUT2D eigenvalue weighted by Gasteiger charge is 2.09. The molecule has 0 fully saturated rings. The topological polar surface area (TPSA) is 12.4 Å². The maximum atomic E-state index is 13.7. The average molecular weight is 201 g/mol. The van der Waals surface area contributed by atoms with E-state index < -0.39 is 0 Å². The first-order valence-electron chi connectivity index (χ1n) is 4.85. The number of hydrogen-bond donors (Lipinski definition) is 0. The van der Waals surface area contributed by atoms with Gasteiger partial charge in [0.15, 0.2) is 0 Å². The smallest absolute Gasteiger partial charge is 0.132 e. The molecule has 0 amide bonds. The molecule has 0 aliphatic rings. The minimum absolute atomic E-state index is 0.211. The standard InChI is InChI=1S/C13H12FN/c1-9(15-2)13-11-6-4-3-5-10(11)7-8-12(13)14/h3-8H,1-2H3. The molecule has 76 valence electrons. The van der Waals surface area contributed by atoms with Gasteiger partial charge in [-0.15, -0.1) is 0 Å². The fraction of sp³-hybridized carbons (Fsp3) is 0.154. The van der Waals surface area contributed by atoms with Crippen LogP contribution in [0.4, 0.5) is 4.39 Å². The molecule has 15 heavy (non-hydrogen) atoms.